The monoisotopic (exact) mass is 227 g/mol. The molecule has 1 heterocycles. The second-order valence-corrected chi connectivity index (χ2v) is 4.25. The molecule has 0 radical (unpaired) electrons. The van der Waals surface area contributed by atoms with Crippen LogP contribution < -0.4 is 5.73 Å². The molecule has 0 fully saturated rings. The van der Waals surface area contributed by atoms with Gasteiger partial charge >= 0.3 is 0 Å². The minimum atomic E-state index is 0.549. The maximum Gasteiger partial charge on any atom is 0.132 e. The summed E-state index contributed by atoms with van der Waals surface area (Å²) in [6.07, 6.45) is 1.91. The van der Waals surface area contributed by atoms with Crippen LogP contribution in [0.4, 0.5) is 5.82 Å². The van der Waals surface area contributed by atoms with E-state index >= 15 is 0 Å². The fourth-order valence-corrected chi connectivity index (χ4v) is 1.96. The Hall–Kier alpha value is -0.810. The van der Waals surface area contributed by atoms with E-state index in [1.807, 2.05) is 0 Å². The predicted octanol–water partition coefficient (Wildman–Crippen LogP) is 1.75. The van der Waals surface area contributed by atoms with Gasteiger partial charge in [-0.3, -0.25) is 0 Å². The van der Waals surface area contributed by atoms with Crippen molar-refractivity contribution in [3.63, 3.8) is 0 Å². The highest BCUT2D eigenvalue weighted by atomic mass is 32.2. The number of anilines is 1. The molecule has 84 valence electrons. The lowest BCUT2D eigenvalue weighted by molar-refractivity contribution is 0.218. The Morgan fingerprint density at radius 3 is 2.93 bits per heavy atom. The van der Waals surface area contributed by atoms with Gasteiger partial charge in [0.2, 0.25) is 0 Å². The summed E-state index contributed by atoms with van der Waals surface area (Å²) < 4.78 is 4.98. The fourth-order valence-electron chi connectivity index (χ4n) is 1.13. The lowest BCUT2D eigenvalue weighted by atomic mass is 10.3. The summed E-state index contributed by atoms with van der Waals surface area (Å²) in [5.74, 6) is 2.27. The minimum absolute atomic E-state index is 0.549. The molecule has 2 N–H and O–H groups in total. The molecule has 0 saturated heterocycles. The molecule has 0 aromatic carbocycles. The van der Waals surface area contributed by atoms with E-state index in [9.17, 15) is 0 Å². The van der Waals surface area contributed by atoms with E-state index in [2.05, 4.69) is 16.9 Å². The molecule has 0 unspecified atom stereocenters. The van der Waals surface area contributed by atoms with Gasteiger partial charge < -0.3 is 10.5 Å². The van der Waals surface area contributed by atoms with Gasteiger partial charge in [0.15, 0.2) is 0 Å². The highest BCUT2D eigenvalue weighted by molar-refractivity contribution is 7.99. The van der Waals surface area contributed by atoms with Crippen LogP contribution in [0.1, 0.15) is 19.2 Å². The maximum absolute atomic E-state index is 5.70. The molecule has 0 spiro atoms. The van der Waals surface area contributed by atoms with Crippen molar-refractivity contribution in [1.82, 2.24) is 9.97 Å². The summed E-state index contributed by atoms with van der Waals surface area (Å²) in [5, 5.41) is 0.933. The van der Waals surface area contributed by atoms with Crippen molar-refractivity contribution in [3.8, 4) is 0 Å². The van der Waals surface area contributed by atoms with Crippen LogP contribution in [0.25, 0.3) is 0 Å². The third-order valence-corrected chi connectivity index (χ3v) is 2.66. The summed E-state index contributed by atoms with van der Waals surface area (Å²) >= 11 is 1.64. The van der Waals surface area contributed by atoms with Gasteiger partial charge in [-0.15, -0.1) is 11.8 Å². The van der Waals surface area contributed by atoms with Crippen LogP contribution >= 0.6 is 11.8 Å². The van der Waals surface area contributed by atoms with Gasteiger partial charge in [-0.1, -0.05) is 6.92 Å². The number of methoxy groups -OCH3 is 1. The van der Waals surface area contributed by atoms with Crippen molar-refractivity contribution in [2.24, 2.45) is 0 Å². The molecular weight excluding hydrogens is 210 g/mol. The Bertz CT molecular complexity index is 307. The van der Waals surface area contributed by atoms with E-state index in [-0.39, 0.29) is 0 Å². The summed E-state index contributed by atoms with van der Waals surface area (Å²) in [7, 11) is 1.69. The highest BCUT2D eigenvalue weighted by Crippen LogP contribution is 2.17. The number of nitrogens with two attached hydrogens (primary N) is 1. The maximum atomic E-state index is 5.70. The first kappa shape index (κ1) is 12.3. The van der Waals surface area contributed by atoms with Crippen molar-refractivity contribution in [1.29, 1.82) is 0 Å². The Morgan fingerprint density at radius 1 is 1.47 bits per heavy atom. The lowest BCUT2D eigenvalue weighted by Gasteiger charge is -2.04. The SMILES string of the molecule is CCCc1nc(N)cc(SCCOC)n1. The summed E-state index contributed by atoms with van der Waals surface area (Å²) in [6.45, 7) is 2.82. The number of aryl methyl sites for hydroxylation is 1. The molecule has 5 heteroatoms. The molecule has 0 amide bonds. The molecule has 1 rings (SSSR count). The quantitative estimate of drug-likeness (QED) is 0.456. The second-order valence-electron chi connectivity index (χ2n) is 3.14. The smallest absolute Gasteiger partial charge is 0.132 e. The molecule has 4 nitrogen and oxygen atoms in total. The van der Waals surface area contributed by atoms with Crippen LogP contribution in [-0.4, -0.2) is 29.4 Å². The number of rotatable bonds is 6. The Labute approximate surface area is 94.6 Å². The van der Waals surface area contributed by atoms with Crippen molar-refractivity contribution in [2.75, 3.05) is 25.2 Å². The number of nitrogen functional groups attached to an aromatic ring is 1. The zero-order valence-electron chi connectivity index (χ0n) is 9.19. The number of nitrogens with zero attached hydrogens (tertiary/aromatic N) is 2. The van der Waals surface area contributed by atoms with E-state index in [4.69, 9.17) is 10.5 Å². The molecule has 15 heavy (non-hydrogen) atoms. The Balaban J connectivity index is 2.62. The van der Waals surface area contributed by atoms with E-state index in [1.165, 1.54) is 0 Å². The topological polar surface area (TPSA) is 61.0 Å². The third kappa shape index (κ3) is 4.48. The molecule has 0 atom stereocenters. The summed E-state index contributed by atoms with van der Waals surface area (Å²) in [5.41, 5.74) is 5.70. The second kappa shape index (κ2) is 6.63. The van der Waals surface area contributed by atoms with Crippen LogP contribution in [-0.2, 0) is 11.2 Å². The number of ether oxygens (including phenoxy) is 1. The van der Waals surface area contributed by atoms with Crippen molar-refractivity contribution < 1.29 is 4.74 Å². The number of aromatic nitrogens is 2. The van der Waals surface area contributed by atoms with Crippen LogP contribution in [0, 0.1) is 0 Å². The normalized spacial score (nSPS) is 10.5. The molecule has 0 bridgehead atoms. The first-order valence-corrected chi connectivity index (χ1v) is 6.00. The molecular formula is C10H17N3OS. The lowest BCUT2D eigenvalue weighted by Crippen LogP contribution is -2.01. The van der Waals surface area contributed by atoms with Crippen molar-refractivity contribution in [3.05, 3.63) is 11.9 Å². The van der Waals surface area contributed by atoms with Crippen LogP contribution in [0.2, 0.25) is 0 Å². The van der Waals surface area contributed by atoms with Crippen LogP contribution in [0.15, 0.2) is 11.1 Å². The third-order valence-electron chi connectivity index (χ3n) is 1.78. The Morgan fingerprint density at radius 2 is 2.27 bits per heavy atom. The predicted molar refractivity (Wildman–Crippen MR) is 63.0 cm³/mol. The minimum Gasteiger partial charge on any atom is -0.384 e. The zero-order valence-corrected chi connectivity index (χ0v) is 10.0. The molecule has 0 aliphatic rings. The molecule has 0 aliphatic heterocycles. The molecule has 1 aromatic rings. The molecule has 1 aromatic heterocycles. The van der Waals surface area contributed by atoms with Crippen LogP contribution in [0.5, 0.6) is 0 Å². The highest BCUT2D eigenvalue weighted by Gasteiger charge is 2.02. The fraction of sp³-hybridized carbons (Fsp3) is 0.600. The standard InChI is InChI=1S/C10H17N3OS/c1-3-4-9-12-8(11)7-10(13-9)15-6-5-14-2/h7H,3-6H2,1-2H3,(H2,11,12,13). The average Bonchev–Trinajstić information content (AvgIpc) is 2.18. The van der Waals surface area contributed by atoms with E-state index in [0.29, 0.717) is 5.82 Å². The first-order chi connectivity index (χ1) is 7.26. The largest absolute Gasteiger partial charge is 0.384 e. The van der Waals surface area contributed by atoms with Gasteiger partial charge in [-0.25, -0.2) is 9.97 Å². The Kier molecular flexibility index (Phi) is 5.42. The van der Waals surface area contributed by atoms with Gasteiger partial charge in [-0.2, -0.15) is 0 Å². The molecule has 0 saturated carbocycles. The van der Waals surface area contributed by atoms with Gasteiger partial charge in [0.1, 0.15) is 16.7 Å². The average molecular weight is 227 g/mol. The van der Waals surface area contributed by atoms with E-state index < -0.39 is 0 Å². The number of hydrogen-bond donors (Lipinski definition) is 1. The van der Waals surface area contributed by atoms with Gasteiger partial charge in [0.25, 0.3) is 0 Å². The van der Waals surface area contributed by atoms with Crippen molar-refractivity contribution in [2.45, 2.75) is 24.8 Å². The van der Waals surface area contributed by atoms with Crippen LogP contribution in [0.3, 0.4) is 0 Å². The van der Waals surface area contributed by atoms with Crippen molar-refractivity contribution >= 4 is 17.6 Å². The summed E-state index contributed by atoms with van der Waals surface area (Å²) in [6, 6.07) is 1.81. The van der Waals surface area contributed by atoms with Gasteiger partial charge in [0.05, 0.1) is 6.61 Å². The number of hydrogen-bond acceptors (Lipinski definition) is 5. The van der Waals surface area contributed by atoms with E-state index in [1.54, 1.807) is 24.9 Å². The first-order valence-electron chi connectivity index (χ1n) is 5.01. The molecule has 0 aliphatic carbocycles. The van der Waals surface area contributed by atoms with Gasteiger partial charge in [-0.05, 0) is 6.42 Å². The van der Waals surface area contributed by atoms with Gasteiger partial charge in [0, 0.05) is 25.3 Å². The van der Waals surface area contributed by atoms with E-state index in [0.717, 1.165) is 36.1 Å². The zero-order chi connectivity index (χ0) is 11.1. The number of thioether (sulfide) groups is 1. The summed E-state index contributed by atoms with van der Waals surface area (Å²) in [4.78, 5) is 8.59.